The minimum Gasteiger partial charge on any atom is -0.325 e. The van der Waals surface area contributed by atoms with Gasteiger partial charge in [0, 0.05) is 17.6 Å². The van der Waals surface area contributed by atoms with E-state index in [0.717, 1.165) is 29.1 Å². The summed E-state index contributed by atoms with van der Waals surface area (Å²) in [6.45, 7) is 1.99. The average molecular weight is 286 g/mol. The molecule has 20 heavy (non-hydrogen) atoms. The molecule has 104 valence electrons. The SMILES string of the molecule is Cc1ccccc1NC(=O)CSCCc1ccccn1. The third-order valence-corrected chi connectivity index (χ3v) is 3.84. The van der Waals surface area contributed by atoms with Crippen molar-refractivity contribution in [2.24, 2.45) is 0 Å². The molecule has 3 nitrogen and oxygen atoms in total. The molecule has 0 saturated carbocycles. The molecule has 1 N–H and O–H groups in total. The Morgan fingerprint density at radius 2 is 2.00 bits per heavy atom. The summed E-state index contributed by atoms with van der Waals surface area (Å²) in [6.07, 6.45) is 2.69. The number of thioether (sulfide) groups is 1. The molecule has 2 rings (SSSR count). The molecule has 0 aliphatic rings. The van der Waals surface area contributed by atoms with Gasteiger partial charge >= 0.3 is 0 Å². The number of hydrogen-bond acceptors (Lipinski definition) is 3. The first-order chi connectivity index (χ1) is 9.75. The molecule has 1 aromatic carbocycles. The van der Waals surface area contributed by atoms with Crippen LogP contribution in [0.5, 0.6) is 0 Å². The maximum Gasteiger partial charge on any atom is 0.234 e. The molecule has 0 bridgehead atoms. The van der Waals surface area contributed by atoms with Crippen LogP contribution in [0.1, 0.15) is 11.3 Å². The van der Waals surface area contributed by atoms with Crippen molar-refractivity contribution in [2.75, 3.05) is 16.8 Å². The quantitative estimate of drug-likeness (QED) is 0.828. The lowest BCUT2D eigenvalue weighted by Gasteiger charge is -2.07. The van der Waals surface area contributed by atoms with E-state index in [1.54, 1.807) is 18.0 Å². The van der Waals surface area contributed by atoms with E-state index >= 15 is 0 Å². The van der Waals surface area contributed by atoms with Crippen LogP contribution >= 0.6 is 11.8 Å². The number of para-hydroxylation sites is 1. The molecule has 0 spiro atoms. The second-order valence-electron chi connectivity index (χ2n) is 4.49. The molecule has 0 radical (unpaired) electrons. The van der Waals surface area contributed by atoms with Gasteiger partial charge in [-0.05, 0) is 42.9 Å². The third kappa shape index (κ3) is 4.70. The number of aryl methyl sites for hydroxylation is 2. The van der Waals surface area contributed by atoms with Gasteiger partial charge in [-0.25, -0.2) is 0 Å². The zero-order valence-electron chi connectivity index (χ0n) is 11.5. The Kier molecular flexibility index (Phi) is 5.62. The van der Waals surface area contributed by atoms with Gasteiger partial charge in [0.1, 0.15) is 0 Å². The van der Waals surface area contributed by atoms with Crippen molar-refractivity contribution in [1.29, 1.82) is 0 Å². The Morgan fingerprint density at radius 3 is 2.75 bits per heavy atom. The Balaban J connectivity index is 1.69. The molecule has 4 heteroatoms. The van der Waals surface area contributed by atoms with E-state index in [0.29, 0.717) is 5.75 Å². The van der Waals surface area contributed by atoms with E-state index in [-0.39, 0.29) is 5.91 Å². The molecule has 0 unspecified atom stereocenters. The number of nitrogens with one attached hydrogen (secondary N) is 1. The van der Waals surface area contributed by atoms with Crippen LogP contribution in [0.3, 0.4) is 0 Å². The summed E-state index contributed by atoms with van der Waals surface area (Å²) < 4.78 is 0. The summed E-state index contributed by atoms with van der Waals surface area (Å²) in [5.74, 6) is 1.42. The van der Waals surface area contributed by atoms with Crippen LogP contribution < -0.4 is 5.32 Å². The predicted molar refractivity (Wildman–Crippen MR) is 85.1 cm³/mol. The monoisotopic (exact) mass is 286 g/mol. The molecule has 1 heterocycles. The molecule has 1 aromatic heterocycles. The summed E-state index contributed by atoms with van der Waals surface area (Å²) in [5.41, 5.74) is 3.04. The number of pyridine rings is 1. The van der Waals surface area contributed by atoms with E-state index in [9.17, 15) is 4.79 Å². The highest BCUT2D eigenvalue weighted by molar-refractivity contribution is 7.99. The minimum atomic E-state index is 0.0466. The summed E-state index contributed by atoms with van der Waals surface area (Å²) in [7, 11) is 0. The molecule has 1 amide bonds. The number of carbonyl (C=O) groups excluding carboxylic acids is 1. The second kappa shape index (κ2) is 7.70. The van der Waals surface area contributed by atoms with Crippen molar-refractivity contribution >= 4 is 23.4 Å². The molecular formula is C16H18N2OS. The Morgan fingerprint density at radius 1 is 1.20 bits per heavy atom. The second-order valence-corrected chi connectivity index (χ2v) is 5.59. The molecule has 0 aliphatic carbocycles. The fourth-order valence-corrected chi connectivity index (χ4v) is 2.54. The first-order valence-electron chi connectivity index (χ1n) is 6.59. The fraction of sp³-hybridized carbons (Fsp3) is 0.250. The van der Waals surface area contributed by atoms with Crippen LogP contribution in [0.25, 0.3) is 0 Å². The number of carbonyl (C=O) groups is 1. The number of nitrogens with zero attached hydrogens (tertiary/aromatic N) is 1. The third-order valence-electron chi connectivity index (χ3n) is 2.88. The van der Waals surface area contributed by atoms with Crippen molar-refractivity contribution in [2.45, 2.75) is 13.3 Å². The van der Waals surface area contributed by atoms with Gasteiger partial charge in [-0.15, -0.1) is 0 Å². The maximum absolute atomic E-state index is 11.8. The summed E-state index contributed by atoms with van der Waals surface area (Å²) in [5, 5.41) is 2.93. The first-order valence-corrected chi connectivity index (χ1v) is 7.74. The topological polar surface area (TPSA) is 42.0 Å². The molecular weight excluding hydrogens is 268 g/mol. The van der Waals surface area contributed by atoms with Crippen LogP contribution in [0, 0.1) is 6.92 Å². The summed E-state index contributed by atoms with van der Waals surface area (Å²) in [6, 6.07) is 13.7. The number of rotatable bonds is 6. The lowest BCUT2D eigenvalue weighted by Crippen LogP contribution is -2.15. The number of aromatic nitrogens is 1. The van der Waals surface area contributed by atoms with E-state index < -0.39 is 0 Å². The van der Waals surface area contributed by atoms with Crippen molar-refractivity contribution in [3.63, 3.8) is 0 Å². The van der Waals surface area contributed by atoms with E-state index in [1.807, 2.05) is 49.4 Å². The van der Waals surface area contributed by atoms with Crippen molar-refractivity contribution in [1.82, 2.24) is 4.98 Å². The van der Waals surface area contributed by atoms with Gasteiger partial charge in [0.2, 0.25) is 5.91 Å². The van der Waals surface area contributed by atoms with Crippen LogP contribution in [0.15, 0.2) is 48.7 Å². The standard InChI is InChI=1S/C16H18N2OS/c1-13-6-2-3-8-15(13)18-16(19)12-20-11-9-14-7-4-5-10-17-14/h2-8,10H,9,11-12H2,1H3,(H,18,19). The molecule has 2 aromatic rings. The van der Waals surface area contributed by atoms with Crippen molar-refractivity contribution in [3.8, 4) is 0 Å². The van der Waals surface area contributed by atoms with Crippen LogP contribution in [0.2, 0.25) is 0 Å². The first kappa shape index (κ1) is 14.6. The highest BCUT2D eigenvalue weighted by atomic mass is 32.2. The number of anilines is 1. The predicted octanol–water partition coefficient (Wildman–Crippen LogP) is 3.30. The van der Waals surface area contributed by atoms with Gasteiger partial charge in [-0.3, -0.25) is 9.78 Å². The number of benzene rings is 1. The zero-order chi connectivity index (χ0) is 14.2. The van der Waals surface area contributed by atoms with Gasteiger partial charge in [0.15, 0.2) is 0 Å². The largest absolute Gasteiger partial charge is 0.325 e. The minimum absolute atomic E-state index is 0.0466. The zero-order valence-corrected chi connectivity index (χ0v) is 12.3. The van der Waals surface area contributed by atoms with Gasteiger partial charge in [-0.1, -0.05) is 24.3 Å². The molecule has 0 fully saturated rings. The normalized spacial score (nSPS) is 10.2. The molecule has 0 aliphatic heterocycles. The number of hydrogen-bond donors (Lipinski definition) is 1. The van der Waals surface area contributed by atoms with Gasteiger partial charge < -0.3 is 5.32 Å². The fourth-order valence-electron chi connectivity index (χ4n) is 1.79. The maximum atomic E-state index is 11.8. The van der Waals surface area contributed by atoms with Crippen molar-refractivity contribution in [3.05, 3.63) is 59.9 Å². The van der Waals surface area contributed by atoms with Crippen LogP contribution in [0.4, 0.5) is 5.69 Å². The van der Waals surface area contributed by atoms with E-state index in [2.05, 4.69) is 10.3 Å². The van der Waals surface area contributed by atoms with Gasteiger partial charge in [0.25, 0.3) is 0 Å². The summed E-state index contributed by atoms with van der Waals surface area (Å²) >= 11 is 1.63. The highest BCUT2D eigenvalue weighted by Gasteiger charge is 2.04. The lowest BCUT2D eigenvalue weighted by atomic mass is 10.2. The average Bonchev–Trinajstić information content (AvgIpc) is 2.47. The van der Waals surface area contributed by atoms with Crippen LogP contribution in [-0.4, -0.2) is 22.4 Å². The van der Waals surface area contributed by atoms with E-state index in [1.165, 1.54) is 0 Å². The number of amides is 1. The van der Waals surface area contributed by atoms with Gasteiger partial charge in [0.05, 0.1) is 5.75 Å². The van der Waals surface area contributed by atoms with Crippen molar-refractivity contribution < 1.29 is 4.79 Å². The summed E-state index contributed by atoms with van der Waals surface area (Å²) in [4.78, 5) is 16.1. The molecule has 0 saturated heterocycles. The molecule has 0 atom stereocenters. The van der Waals surface area contributed by atoms with E-state index in [4.69, 9.17) is 0 Å². The highest BCUT2D eigenvalue weighted by Crippen LogP contribution is 2.14. The Bertz CT molecular complexity index is 557. The lowest BCUT2D eigenvalue weighted by molar-refractivity contribution is -0.113. The van der Waals surface area contributed by atoms with Gasteiger partial charge in [-0.2, -0.15) is 11.8 Å². The Hall–Kier alpha value is -1.81. The van der Waals surface area contributed by atoms with Crippen LogP contribution in [-0.2, 0) is 11.2 Å². The Labute approximate surface area is 123 Å². The smallest absolute Gasteiger partial charge is 0.234 e.